The Balaban J connectivity index is 2.11. The number of carbonyl (C=O) groups excluding carboxylic acids is 1. The zero-order chi connectivity index (χ0) is 12.4. The molecule has 0 bridgehead atoms. The fraction of sp³-hybridized carbons (Fsp3) is 0.417. The molecule has 0 aromatic heterocycles. The van der Waals surface area contributed by atoms with Gasteiger partial charge in [-0.25, -0.2) is 0 Å². The molecule has 2 rings (SSSR count). The number of nitrogen functional groups attached to an aromatic ring is 1. The van der Waals surface area contributed by atoms with Gasteiger partial charge in [-0.15, -0.1) is 0 Å². The van der Waals surface area contributed by atoms with E-state index < -0.39 is 0 Å². The van der Waals surface area contributed by atoms with Gasteiger partial charge in [-0.1, -0.05) is 0 Å². The summed E-state index contributed by atoms with van der Waals surface area (Å²) >= 11 is 0. The molecule has 1 fully saturated rings. The summed E-state index contributed by atoms with van der Waals surface area (Å²) in [6.07, 6.45) is 0.809. The molecule has 2 atom stereocenters. The van der Waals surface area contributed by atoms with Crippen LogP contribution >= 0.6 is 0 Å². The number of aromatic hydroxyl groups is 1. The van der Waals surface area contributed by atoms with Gasteiger partial charge in [-0.3, -0.25) is 4.79 Å². The maximum Gasteiger partial charge on any atom is 0.253 e. The van der Waals surface area contributed by atoms with Gasteiger partial charge in [0.05, 0.1) is 17.7 Å². The van der Waals surface area contributed by atoms with Crippen molar-refractivity contribution in [3.63, 3.8) is 0 Å². The lowest BCUT2D eigenvalue weighted by Crippen LogP contribution is -2.39. The Morgan fingerprint density at radius 1 is 1.59 bits per heavy atom. The number of nitrogens with one attached hydrogen (secondary N) is 1. The number of rotatable bonds is 2. The largest absolute Gasteiger partial charge is 0.508 e. The summed E-state index contributed by atoms with van der Waals surface area (Å²) in [4.78, 5) is 12.0. The van der Waals surface area contributed by atoms with E-state index in [4.69, 9.17) is 10.5 Å². The maximum absolute atomic E-state index is 12.0. The molecule has 1 saturated heterocycles. The Bertz CT molecular complexity index is 434. The molecule has 1 amide bonds. The van der Waals surface area contributed by atoms with Gasteiger partial charge < -0.3 is 20.9 Å². The second-order valence-corrected chi connectivity index (χ2v) is 4.22. The third-order valence-electron chi connectivity index (χ3n) is 2.97. The molecule has 17 heavy (non-hydrogen) atoms. The number of benzene rings is 1. The van der Waals surface area contributed by atoms with Crippen molar-refractivity contribution in [3.05, 3.63) is 23.8 Å². The summed E-state index contributed by atoms with van der Waals surface area (Å²) < 4.78 is 5.36. The highest BCUT2D eigenvalue weighted by atomic mass is 16.5. The fourth-order valence-corrected chi connectivity index (χ4v) is 1.91. The van der Waals surface area contributed by atoms with Gasteiger partial charge >= 0.3 is 0 Å². The highest BCUT2D eigenvalue weighted by molar-refractivity contribution is 5.99. The number of amides is 1. The molecule has 0 aliphatic carbocycles. The van der Waals surface area contributed by atoms with Crippen molar-refractivity contribution in [2.24, 2.45) is 0 Å². The van der Waals surface area contributed by atoms with E-state index in [-0.39, 0.29) is 23.8 Å². The standard InChI is InChI=1S/C12H16N2O3/c1-7-11(4-5-17-7)14-12(16)9-6-8(15)2-3-10(9)13/h2-3,6-7,11,15H,4-5,13H2,1H3,(H,14,16). The van der Waals surface area contributed by atoms with Crippen LogP contribution in [-0.4, -0.2) is 29.8 Å². The smallest absolute Gasteiger partial charge is 0.253 e. The number of hydrogen-bond acceptors (Lipinski definition) is 4. The van der Waals surface area contributed by atoms with Crippen LogP contribution in [0, 0.1) is 0 Å². The average molecular weight is 236 g/mol. The Hall–Kier alpha value is -1.75. The highest BCUT2D eigenvalue weighted by Crippen LogP contribution is 2.20. The topological polar surface area (TPSA) is 84.6 Å². The third kappa shape index (κ3) is 2.50. The molecule has 5 heteroatoms. The molecule has 5 nitrogen and oxygen atoms in total. The van der Waals surface area contributed by atoms with Crippen molar-refractivity contribution in [2.75, 3.05) is 12.3 Å². The Labute approximate surface area is 99.6 Å². The molecule has 0 radical (unpaired) electrons. The van der Waals surface area contributed by atoms with Gasteiger partial charge in [0.25, 0.3) is 5.91 Å². The minimum atomic E-state index is -0.277. The Morgan fingerprint density at radius 2 is 2.35 bits per heavy atom. The first-order valence-corrected chi connectivity index (χ1v) is 5.59. The molecule has 0 saturated carbocycles. The van der Waals surface area contributed by atoms with Crippen molar-refractivity contribution in [1.82, 2.24) is 5.32 Å². The number of phenols is 1. The van der Waals surface area contributed by atoms with E-state index in [0.717, 1.165) is 6.42 Å². The number of nitrogens with two attached hydrogens (primary N) is 1. The highest BCUT2D eigenvalue weighted by Gasteiger charge is 2.26. The quantitative estimate of drug-likeness (QED) is 0.525. The molecule has 1 aliphatic heterocycles. The van der Waals surface area contributed by atoms with Gasteiger partial charge in [0.2, 0.25) is 0 Å². The van der Waals surface area contributed by atoms with Crippen molar-refractivity contribution in [1.29, 1.82) is 0 Å². The van der Waals surface area contributed by atoms with Crippen LogP contribution in [0.5, 0.6) is 5.75 Å². The van der Waals surface area contributed by atoms with Crippen LogP contribution in [0.2, 0.25) is 0 Å². The minimum Gasteiger partial charge on any atom is -0.508 e. The average Bonchev–Trinajstić information content (AvgIpc) is 2.68. The van der Waals surface area contributed by atoms with Crippen molar-refractivity contribution in [3.8, 4) is 5.75 Å². The van der Waals surface area contributed by atoms with Crippen LogP contribution in [0.3, 0.4) is 0 Å². The molecule has 2 unspecified atom stereocenters. The van der Waals surface area contributed by atoms with Crippen LogP contribution in [0.1, 0.15) is 23.7 Å². The van der Waals surface area contributed by atoms with E-state index in [1.807, 2.05) is 6.92 Å². The second-order valence-electron chi connectivity index (χ2n) is 4.22. The molecule has 1 heterocycles. The van der Waals surface area contributed by atoms with Gasteiger partial charge in [0.15, 0.2) is 0 Å². The zero-order valence-electron chi connectivity index (χ0n) is 9.64. The summed E-state index contributed by atoms with van der Waals surface area (Å²) in [5.74, 6) is -0.249. The Kier molecular flexibility index (Phi) is 3.19. The second kappa shape index (κ2) is 4.63. The van der Waals surface area contributed by atoms with Crippen LogP contribution in [0.25, 0.3) is 0 Å². The van der Waals surface area contributed by atoms with Gasteiger partial charge in [0.1, 0.15) is 5.75 Å². The van der Waals surface area contributed by atoms with Crippen LogP contribution in [0.15, 0.2) is 18.2 Å². The zero-order valence-corrected chi connectivity index (χ0v) is 9.64. The van der Waals surface area contributed by atoms with Crippen LogP contribution < -0.4 is 11.1 Å². The number of carbonyl (C=O) groups is 1. The number of phenolic OH excluding ortho intramolecular Hbond substituents is 1. The van der Waals surface area contributed by atoms with E-state index in [9.17, 15) is 9.90 Å². The summed E-state index contributed by atoms with van der Waals surface area (Å²) in [6, 6.07) is 4.33. The van der Waals surface area contributed by atoms with Gasteiger partial charge in [0, 0.05) is 12.3 Å². The molecule has 1 aromatic carbocycles. The predicted molar refractivity (Wildman–Crippen MR) is 63.8 cm³/mol. The van der Waals surface area contributed by atoms with Gasteiger partial charge in [-0.2, -0.15) is 0 Å². The van der Waals surface area contributed by atoms with Gasteiger partial charge in [-0.05, 0) is 31.5 Å². The molecule has 92 valence electrons. The fourth-order valence-electron chi connectivity index (χ4n) is 1.91. The van der Waals surface area contributed by atoms with E-state index in [1.54, 1.807) is 0 Å². The number of hydrogen-bond donors (Lipinski definition) is 3. The molecule has 4 N–H and O–H groups in total. The van der Waals surface area contributed by atoms with E-state index >= 15 is 0 Å². The SMILES string of the molecule is CC1OCCC1NC(=O)c1cc(O)ccc1N. The summed E-state index contributed by atoms with van der Waals surface area (Å²) in [5, 5.41) is 12.2. The Morgan fingerprint density at radius 3 is 3.00 bits per heavy atom. The first-order valence-electron chi connectivity index (χ1n) is 5.59. The number of anilines is 1. The lowest BCUT2D eigenvalue weighted by Gasteiger charge is -2.16. The number of ether oxygens (including phenoxy) is 1. The lowest BCUT2D eigenvalue weighted by atomic mass is 10.1. The van der Waals surface area contributed by atoms with Crippen molar-refractivity contribution < 1.29 is 14.6 Å². The summed E-state index contributed by atoms with van der Waals surface area (Å²) in [6.45, 7) is 2.57. The molecule has 1 aliphatic rings. The van der Waals surface area contributed by atoms with Crippen molar-refractivity contribution >= 4 is 11.6 Å². The van der Waals surface area contributed by atoms with E-state index in [0.29, 0.717) is 17.9 Å². The van der Waals surface area contributed by atoms with Crippen molar-refractivity contribution in [2.45, 2.75) is 25.5 Å². The van der Waals surface area contributed by atoms with Crippen LogP contribution in [-0.2, 0) is 4.74 Å². The third-order valence-corrected chi connectivity index (χ3v) is 2.97. The van der Waals surface area contributed by atoms with Crippen LogP contribution in [0.4, 0.5) is 5.69 Å². The maximum atomic E-state index is 12.0. The molecule has 1 aromatic rings. The normalized spacial score (nSPS) is 23.6. The molecule has 0 spiro atoms. The molecular formula is C12H16N2O3. The first-order chi connectivity index (χ1) is 8.08. The van der Waals surface area contributed by atoms with E-state index in [1.165, 1.54) is 18.2 Å². The predicted octanol–water partition coefficient (Wildman–Crippen LogP) is 0.882. The van der Waals surface area contributed by atoms with E-state index in [2.05, 4.69) is 5.32 Å². The summed E-state index contributed by atoms with van der Waals surface area (Å²) in [7, 11) is 0. The summed E-state index contributed by atoms with van der Waals surface area (Å²) in [5.41, 5.74) is 6.35. The first kappa shape index (κ1) is 11.7. The minimum absolute atomic E-state index is 0.00393. The molecular weight excluding hydrogens is 220 g/mol. The monoisotopic (exact) mass is 236 g/mol. The lowest BCUT2D eigenvalue weighted by molar-refractivity contribution is 0.0866.